The van der Waals surface area contributed by atoms with E-state index in [9.17, 15) is 0 Å². The molecule has 21 heavy (non-hydrogen) atoms. The number of benzene rings is 1. The summed E-state index contributed by atoms with van der Waals surface area (Å²) in [6.45, 7) is 6.67. The molecule has 1 atom stereocenters. The smallest absolute Gasteiger partial charge is 0.128 e. The van der Waals surface area contributed by atoms with Gasteiger partial charge in [-0.2, -0.15) is 5.26 Å². The minimum atomic E-state index is 0.285. The number of rotatable bonds is 4. The fourth-order valence-corrected chi connectivity index (χ4v) is 3.18. The van der Waals surface area contributed by atoms with Gasteiger partial charge >= 0.3 is 0 Å². The van der Waals surface area contributed by atoms with Crippen molar-refractivity contribution in [1.29, 1.82) is 5.26 Å². The normalized spacial score (nSPS) is 17.7. The number of nitriles is 1. The third-order valence-corrected chi connectivity index (χ3v) is 4.19. The molecule has 1 aromatic carbocycles. The molecular weight excluding hydrogens is 262 g/mol. The van der Waals surface area contributed by atoms with Crippen molar-refractivity contribution in [3.63, 3.8) is 0 Å². The van der Waals surface area contributed by atoms with Gasteiger partial charge in [-0.1, -0.05) is 19.1 Å². The highest BCUT2D eigenvalue weighted by Gasteiger charge is 2.25. The molecule has 1 saturated heterocycles. The topological polar surface area (TPSA) is 56.9 Å². The fraction of sp³-hybridized carbons (Fsp3) is 0.500. The second-order valence-corrected chi connectivity index (χ2v) is 5.41. The van der Waals surface area contributed by atoms with Crippen molar-refractivity contribution in [2.75, 3.05) is 26.2 Å². The number of aromatic nitrogens is 2. The maximum atomic E-state index is 9.16. The standard InChI is InChI=1S/C16H21N5/c1-2-14(20-11-8-18-9-12-20)16-19-13-5-3-4-6-15(13)21(16)10-7-17/h3-6,14,18H,2,8-12H2,1H3. The molecule has 110 valence electrons. The van der Waals surface area contributed by atoms with Gasteiger partial charge in [-0.15, -0.1) is 0 Å². The van der Waals surface area contributed by atoms with E-state index in [0.29, 0.717) is 6.54 Å². The van der Waals surface area contributed by atoms with Gasteiger partial charge in [0.2, 0.25) is 0 Å². The quantitative estimate of drug-likeness (QED) is 0.931. The number of hydrogen-bond acceptors (Lipinski definition) is 4. The summed E-state index contributed by atoms with van der Waals surface area (Å²) in [5.74, 6) is 1.03. The second-order valence-electron chi connectivity index (χ2n) is 5.41. The van der Waals surface area contributed by atoms with Crippen LogP contribution in [0, 0.1) is 11.3 Å². The Kier molecular flexibility index (Phi) is 4.18. The Bertz CT molecular complexity index is 648. The van der Waals surface area contributed by atoms with Gasteiger partial charge < -0.3 is 9.88 Å². The Morgan fingerprint density at radius 2 is 2.10 bits per heavy atom. The van der Waals surface area contributed by atoms with E-state index in [1.54, 1.807) is 0 Å². The van der Waals surface area contributed by atoms with Crippen molar-refractivity contribution in [1.82, 2.24) is 19.8 Å². The van der Waals surface area contributed by atoms with Crippen molar-refractivity contribution < 1.29 is 0 Å². The molecule has 1 aliphatic heterocycles. The fourth-order valence-electron chi connectivity index (χ4n) is 3.18. The van der Waals surface area contributed by atoms with Crippen LogP contribution in [0.2, 0.25) is 0 Å². The SMILES string of the molecule is CCC(c1nc2ccccc2n1CC#N)N1CCNCC1. The first kappa shape index (κ1) is 14.1. The number of piperazine rings is 1. The summed E-state index contributed by atoms with van der Waals surface area (Å²) < 4.78 is 2.07. The van der Waals surface area contributed by atoms with Gasteiger partial charge in [-0.25, -0.2) is 4.98 Å². The Labute approximate surface area is 125 Å². The molecule has 3 rings (SSSR count). The number of fused-ring (bicyclic) bond motifs is 1. The molecule has 1 aliphatic rings. The zero-order valence-electron chi connectivity index (χ0n) is 12.4. The van der Waals surface area contributed by atoms with E-state index in [4.69, 9.17) is 10.2 Å². The lowest BCUT2D eigenvalue weighted by Gasteiger charge is -2.34. The van der Waals surface area contributed by atoms with Crippen LogP contribution >= 0.6 is 0 Å². The van der Waals surface area contributed by atoms with Crippen LogP contribution < -0.4 is 5.32 Å². The molecule has 0 saturated carbocycles. The van der Waals surface area contributed by atoms with Crippen LogP contribution in [0.4, 0.5) is 0 Å². The van der Waals surface area contributed by atoms with Gasteiger partial charge in [0.15, 0.2) is 0 Å². The zero-order chi connectivity index (χ0) is 14.7. The number of para-hydroxylation sites is 2. The van der Waals surface area contributed by atoms with Crippen LogP contribution in [-0.4, -0.2) is 40.6 Å². The molecule has 2 heterocycles. The van der Waals surface area contributed by atoms with Crippen molar-refractivity contribution in [3.05, 3.63) is 30.1 Å². The molecule has 1 fully saturated rings. The molecule has 5 nitrogen and oxygen atoms in total. The number of hydrogen-bond donors (Lipinski definition) is 1. The summed E-state index contributed by atoms with van der Waals surface area (Å²) in [4.78, 5) is 7.31. The van der Waals surface area contributed by atoms with Crippen LogP contribution in [0.3, 0.4) is 0 Å². The minimum absolute atomic E-state index is 0.285. The predicted molar refractivity (Wildman–Crippen MR) is 82.8 cm³/mol. The van der Waals surface area contributed by atoms with E-state index in [2.05, 4.69) is 27.8 Å². The van der Waals surface area contributed by atoms with Crippen LogP contribution in [0.1, 0.15) is 25.2 Å². The average molecular weight is 283 g/mol. The third-order valence-electron chi connectivity index (χ3n) is 4.19. The van der Waals surface area contributed by atoms with Crippen molar-refractivity contribution in [2.45, 2.75) is 25.9 Å². The first-order valence-electron chi connectivity index (χ1n) is 7.62. The molecule has 0 aliphatic carbocycles. The van der Waals surface area contributed by atoms with Crippen molar-refractivity contribution >= 4 is 11.0 Å². The molecule has 1 aromatic heterocycles. The molecular formula is C16H21N5. The van der Waals surface area contributed by atoms with E-state index in [-0.39, 0.29) is 6.04 Å². The molecule has 2 aromatic rings. The largest absolute Gasteiger partial charge is 0.314 e. The lowest BCUT2D eigenvalue weighted by molar-refractivity contribution is 0.160. The van der Waals surface area contributed by atoms with Crippen molar-refractivity contribution in [2.24, 2.45) is 0 Å². The lowest BCUT2D eigenvalue weighted by atomic mass is 10.1. The summed E-state index contributed by atoms with van der Waals surface area (Å²) >= 11 is 0. The van der Waals surface area contributed by atoms with Gasteiger partial charge in [0.25, 0.3) is 0 Å². The summed E-state index contributed by atoms with van der Waals surface area (Å²) in [7, 11) is 0. The second kappa shape index (κ2) is 6.25. The van der Waals surface area contributed by atoms with Crippen LogP contribution in [0.15, 0.2) is 24.3 Å². The van der Waals surface area contributed by atoms with E-state index in [0.717, 1.165) is 49.5 Å². The Balaban J connectivity index is 2.04. The highest BCUT2D eigenvalue weighted by atomic mass is 15.2. The molecule has 1 unspecified atom stereocenters. The van der Waals surface area contributed by atoms with Gasteiger partial charge in [0, 0.05) is 26.2 Å². The van der Waals surface area contributed by atoms with Gasteiger partial charge in [-0.3, -0.25) is 4.90 Å². The maximum absolute atomic E-state index is 9.16. The predicted octanol–water partition coefficient (Wildman–Crippen LogP) is 1.92. The maximum Gasteiger partial charge on any atom is 0.128 e. The molecule has 0 bridgehead atoms. The Morgan fingerprint density at radius 1 is 1.33 bits per heavy atom. The lowest BCUT2D eigenvalue weighted by Crippen LogP contribution is -2.45. The molecule has 1 N–H and O–H groups in total. The van der Waals surface area contributed by atoms with E-state index in [1.807, 2.05) is 24.3 Å². The van der Waals surface area contributed by atoms with E-state index >= 15 is 0 Å². The van der Waals surface area contributed by atoms with E-state index < -0.39 is 0 Å². The first-order chi connectivity index (χ1) is 10.3. The van der Waals surface area contributed by atoms with E-state index in [1.165, 1.54) is 0 Å². The average Bonchev–Trinajstić information content (AvgIpc) is 2.89. The number of nitrogens with zero attached hydrogens (tertiary/aromatic N) is 4. The number of nitrogens with one attached hydrogen (secondary N) is 1. The van der Waals surface area contributed by atoms with Crippen molar-refractivity contribution in [3.8, 4) is 6.07 Å². The third kappa shape index (κ3) is 2.65. The van der Waals surface area contributed by atoms with Crippen LogP contribution in [0.25, 0.3) is 11.0 Å². The molecule has 5 heteroatoms. The molecule has 0 radical (unpaired) electrons. The van der Waals surface area contributed by atoms with Gasteiger partial charge in [0.05, 0.1) is 23.1 Å². The highest BCUT2D eigenvalue weighted by Crippen LogP contribution is 2.27. The first-order valence-corrected chi connectivity index (χ1v) is 7.62. The van der Waals surface area contributed by atoms with Gasteiger partial charge in [0.1, 0.15) is 12.4 Å². The van der Waals surface area contributed by atoms with Crippen LogP contribution in [-0.2, 0) is 6.54 Å². The summed E-state index contributed by atoms with van der Waals surface area (Å²) in [5.41, 5.74) is 2.04. The monoisotopic (exact) mass is 283 g/mol. The minimum Gasteiger partial charge on any atom is -0.314 e. The highest BCUT2D eigenvalue weighted by molar-refractivity contribution is 5.76. The summed E-state index contributed by atoms with van der Waals surface area (Å²) in [5, 5.41) is 12.6. The number of imidazole rings is 1. The Hall–Kier alpha value is -1.90. The molecule has 0 spiro atoms. The van der Waals surface area contributed by atoms with Gasteiger partial charge in [-0.05, 0) is 18.6 Å². The van der Waals surface area contributed by atoms with Crippen LogP contribution in [0.5, 0.6) is 0 Å². The summed E-state index contributed by atoms with van der Waals surface area (Å²) in [6, 6.07) is 10.6. The zero-order valence-corrected chi connectivity index (χ0v) is 12.4. The molecule has 0 amide bonds. The Morgan fingerprint density at radius 3 is 2.81 bits per heavy atom. The summed E-state index contributed by atoms with van der Waals surface area (Å²) in [6.07, 6.45) is 1.01.